The fourth-order valence-corrected chi connectivity index (χ4v) is 2.18. The van der Waals surface area contributed by atoms with E-state index in [2.05, 4.69) is 5.32 Å². The summed E-state index contributed by atoms with van der Waals surface area (Å²) in [5, 5.41) is 2.73. The van der Waals surface area contributed by atoms with Crippen molar-refractivity contribution in [1.29, 1.82) is 0 Å². The van der Waals surface area contributed by atoms with Crippen LogP contribution in [0.15, 0.2) is 30.3 Å². The molecule has 1 saturated heterocycles. The molecule has 4 heteroatoms. The van der Waals surface area contributed by atoms with Gasteiger partial charge < -0.3 is 10.1 Å². The van der Waals surface area contributed by atoms with Gasteiger partial charge in [-0.25, -0.2) is 0 Å². The summed E-state index contributed by atoms with van der Waals surface area (Å²) >= 11 is 0. The first kappa shape index (κ1) is 13.7. The Bertz CT molecular complexity index is 430. The summed E-state index contributed by atoms with van der Waals surface area (Å²) < 4.78 is 5.57. The predicted octanol–water partition coefficient (Wildman–Crippen LogP) is 1.69. The Morgan fingerprint density at radius 1 is 1.21 bits per heavy atom. The van der Waals surface area contributed by atoms with Crippen molar-refractivity contribution in [2.24, 2.45) is 5.92 Å². The zero-order valence-corrected chi connectivity index (χ0v) is 10.9. The smallest absolute Gasteiger partial charge is 0.227 e. The number of rotatable bonds is 6. The van der Waals surface area contributed by atoms with Crippen LogP contribution < -0.4 is 5.32 Å². The Labute approximate surface area is 113 Å². The average molecular weight is 261 g/mol. The highest BCUT2D eigenvalue weighted by molar-refractivity contribution is 6.01. The Morgan fingerprint density at radius 3 is 2.74 bits per heavy atom. The number of nitrogens with one attached hydrogen (secondary N) is 1. The highest BCUT2D eigenvalue weighted by atomic mass is 16.5. The summed E-state index contributed by atoms with van der Waals surface area (Å²) in [5.41, 5.74) is 1.16. The van der Waals surface area contributed by atoms with Gasteiger partial charge in [0, 0.05) is 19.1 Å². The van der Waals surface area contributed by atoms with Crippen LogP contribution in [0.1, 0.15) is 24.8 Å². The van der Waals surface area contributed by atoms with Gasteiger partial charge >= 0.3 is 0 Å². The molecular weight excluding hydrogens is 242 g/mol. The van der Waals surface area contributed by atoms with Crippen LogP contribution in [0.2, 0.25) is 0 Å². The van der Waals surface area contributed by atoms with Gasteiger partial charge in [0.2, 0.25) is 5.91 Å². The second kappa shape index (κ2) is 7.04. The number of ketones is 1. The van der Waals surface area contributed by atoms with Crippen molar-refractivity contribution in [3.63, 3.8) is 0 Å². The minimum absolute atomic E-state index is 0.0296. The lowest BCUT2D eigenvalue weighted by molar-refractivity contribution is -0.133. The molecule has 1 aliphatic rings. The summed E-state index contributed by atoms with van der Waals surface area (Å²) in [5.74, 6) is -0.119. The molecule has 0 spiro atoms. The van der Waals surface area contributed by atoms with E-state index in [0.29, 0.717) is 19.8 Å². The zero-order chi connectivity index (χ0) is 13.5. The number of Topliss-reactive ketones (excluding diaryl/α,β-unsaturated/α-hetero) is 1. The molecule has 102 valence electrons. The van der Waals surface area contributed by atoms with E-state index < -0.39 is 0 Å². The molecule has 1 heterocycles. The molecule has 1 amide bonds. The van der Waals surface area contributed by atoms with Crippen molar-refractivity contribution in [3.05, 3.63) is 35.9 Å². The third kappa shape index (κ3) is 4.48. The van der Waals surface area contributed by atoms with Gasteiger partial charge in [0.15, 0.2) is 0 Å². The van der Waals surface area contributed by atoms with Crippen molar-refractivity contribution in [2.75, 3.05) is 13.2 Å². The number of hydrogen-bond acceptors (Lipinski definition) is 3. The Balaban J connectivity index is 1.59. The number of amides is 1. The monoisotopic (exact) mass is 261 g/mol. The van der Waals surface area contributed by atoms with E-state index in [1.54, 1.807) is 0 Å². The largest absolute Gasteiger partial charge is 0.377 e. The van der Waals surface area contributed by atoms with Gasteiger partial charge in [-0.05, 0) is 18.4 Å². The second-order valence-corrected chi connectivity index (χ2v) is 4.82. The van der Waals surface area contributed by atoms with Crippen LogP contribution in [0.25, 0.3) is 0 Å². The third-order valence-corrected chi connectivity index (χ3v) is 3.29. The highest BCUT2D eigenvalue weighted by Gasteiger charge is 2.25. The number of benzene rings is 1. The summed E-state index contributed by atoms with van der Waals surface area (Å²) in [6, 6.07) is 10.0. The molecule has 1 unspecified atom stereocenters. The average Bonchev–Trinajstić information content (AvgIpc) is 2.42. The molecule has 0 saturated carbocycles. The minimum atomic E-state index is -0.151. The molecule has 0 radical (unpaired) electrons. The van der Waals surface area contributed by atoms with E-state index in [1.807, 2.05) is 30.3 Å². The van der Waals surface area contributed by atoms with Crippen LogP contribution in [0.4, 0.5) is 0 Å². The number of hydrogen-bond donors (Lipinski definition) is 1. The van der Waals surface area contributed by atoms with Crippen molar-refractivity contribution < 1.29 is 14.3 Å². The van der Waals surface area contributed by atoms with Crippen molar-refractivity contribution in [1.82, 2.24) is 5.32 Å². The van der Waals surface area contributed by atoms with E-state index in [0.717, 1.165) is 18.4 Å². The lowest BCUT2D eigenvalue weighted by atomic mass is 9.93. The van der Waals surface area contributed by atoms with Gasteiger partial charge in [0.05, 0.1) is 13.0 Å². The second-order valence-electron chi connectivity index (χ2n) is 4.82. The Hall–Kier alpha value is -1.68. The molecule has 2 rings (SSSR count). The maximum atomic E-state index is 11.6. The van der Waals surface area contributed by atoms with E-state index >= 15 is 0 Å². The van der Waals surface area contributed by atoms with Gasteiger partial charge in [-0.1, -0.05) is 30.3 Å². The SMILES string of the molecule is O=C1CC(=O)C(CCCOCc2ccccc2)CN1. The number of carbonyl (C=O) groups is 2. The van der Waals surface area contributed by atoms with E-state index in [-0.39, 0.29) is 24.0 Å². The molecule has 1 atom stereocenters. The van der Waals surface area contributed by atoms with Crippen LogP contribution in [0.3, 0.4) is 0 Å². The normalized spacial score (nSPS) is 19.3. The summed E-state index contributed by atoms with van der Waals surface area (Å²) in [7, 11) is 0. The minimum Gasteiger partial charge on any atom is -0.377 e. The van der Waals surface area contributed by atoms with Crippen LogP contribution in [-0.4, -0.2) is 24.8 Å². The lowest BCUT2D eigenvalue weighted by Crippen LogP contribution is -2.41. The van der Waals surface area contributed by atoms with Crippen molar-refractivity contribution >= 4 is 11.7 Å². The quantitative estimate of drug-likeness (QED) is 0.626. The number of carbonyl (C=O) groups excluding carboxylic acids is 2. The fourth-order valence-electron chi connectivity index (χ4n) is 2.18. The molecule has 4 nitrogen and oxygen atoms in total. The van der Waals surface area contributed by atoms with Crippen LogP contribution in [-0.2, 0) is 20.9 Å². The van der Waals surface area contributed by atoms with Gasteiger partial charge in [-0.3, -0.25) is 9.59 Å². The first-order valence-electron chi connectivity index (χ1n) is 6.67. The number of piperidine rings is 1. The maximum Gasteiger partial charge on any atom is 0.227 e. The zero-order valence-electron chi connectivity index (χ0n) is 10.9. The summed E-state index contributed by atoms with van der Waals surface area (Å²) in [6.45, 7) is 1.74. The molecule has 19 heavy (non-hydrogen) atoms. The predicted molar refractivity (Wildman–Crippen MR) is 71.5 cm³/mol. The standard InChI is InChI=1S/C15H19NO3/c17-14-9-15(18)16-10-13(14)7-4-8-19-11-12-5-2-1-3-6-12/h1-3,5-6,13H,4,7-11H2,(H,16,18). The van der Waals surface area contributed by atoms with Gasteiger partial charge in [-0.15, -0.1) is 0 Å². The fraction of sp³-hybridized carbons (Fsp3) is 0.467. The third-order valence-electron chi connectivity index (χ3n) is 3.29. The van der Waals surface area contributed by atoms with E-state index in [9.17, 15) is 9.59 Å². The molecule has 1 aromatic carbocycles. The topological polar surface area (TPSA) is 55.4 Å². The maximum absolute atomic E-state index is 11.6. The van der Waals surface area contributed by atoms with Gasteiger partial charge in [-0.2, -0.15) is 0 Å². The van der Waals surface area contributed by atoms with Crippen LogP contribution in [0.5, 0.6) is 0 Å². The molecule has 1 aromatic rings. The van der Waals surface area contributed by atoms with Gasteiger partial charge in [0.25, 0.3) is 0 Å². The molecule has 0 aliphatic carbocycles. The van der Waals surface area contributed by atoms with Crippen molar-refractivity contribution in [2.45, 2.75) is 25.9 Å². The number of ether oxygens (including phenoxy) is 1. The first-order chi connectivity index (χ1) is 9.25. The molecule has 0 aromatic heterocycles. The summed E-state index contributed by atoms with van der Waals surface area (Å²) in [4.78, 5) is 22.6. The Kier molecular flexibility index (Phi) is 5.10. The van der Waals surface area contributed by atoms with Gasteiger partial charge in [0.1, 0.15) is 5.78 Å². The lowest BCUT2D eigenvalue weighted by Gasteiger charge is -2.20. The molecular formula is C15H19NO3. The van der Waals surface area contributed by atoms with Crippen molar-refractivity contribution in [3.8, 4) is 0 Å². The summed E-state index contributed by atoms with van der Waals surface area (Å²) in [6.07, 6.45) is 1.67. The van der Waals surface area contributed by atoms with Crippen LogP contribution in [0, 0.1) is 5.92 Å². The highest BCUT2D eigenvalue weighted by Crippen LogP contribution is 2.13. The first-order valence-corrected chi connectivity index (χ1v) is 6.67. The van der Waals surface area contributed by atoms with E-state index in [4.69, 9.17) is 4.74 Å². The molecule has 1 aliphatic heterocycles. The Morgan fingerprint density at radius 2 is 2.00 bits per heavy atom. The molecule has 0 bridgehead atoms. The van der Waals surface area contributed by atoms with E-state index in [1.165, 1.54) is 0 Å². The molecule has 1 N–H and O–H groups in total. The van der Waals surface area contributed by atoms with Crippen LogP contribution >= 0.6 is 0 Å². The molecule has 1 fully saturated rings.